The molecule has 0 radical (unpaired) electrons. The van der Waals surface area contributed by atoms with E-state index >= 15 is 0 Å². The minimum Gasteiger partial charge on any atom is -0.385 e. The molecule has 1 aromatic rings. The second-order valence-electron chi connectivity index (χ2n) is 3.66. The van der Waals surface area contributed by atoms with Crippen LogP contribution < -0.4 is 16.8 Å². The van der Waals surface area contributed by atoms with Gasteiger partial charge in [0.2, 0.25) is 0 Å². The first-order chi connectivity index (χ1) is 7.18. The van der Waals surface area contributed by atoms with Crippen molar-refractivity contribution in [1.29, 1.82) is 0 Å². The van der Waals surface area contributed by atoms with Crippen LogP contribution in [0.2, 0.25) is 0 Å². The standard InChI is InChI=1S/C11H14N4/c12-10-7-11(13,15-8-14-10)6-9-4-2-1-3-5-9/h1-5,7-8H,6,12-13H2,(H,14,15). The quantitative estimate of drug-likeness (QED) is 0.646. The predicted octanol–water partition coefficient (Wildman–Crippen LogP) is 0.316. The lowest BCUT2D eigenvalue weighted by molar-refractivity contribution is 0.539. The molecule has 1 aliphatic heterocycles. The molecule has 1 aromatic carbocycles. The molecule has 2 rings (SSSR count). The van der Waals surface area contributed by atoms with Crippen LogP contribution in [0, 0.1) is 0 Å². The molecule has 1 heterocycles. The van der Waals surface area contributed by atoms with Crippen molar-refractivity contribution >= 4 is 6.34 Å². The molecule has 4 nitrogen and oxygen atoms in total. The zero-order chi connectivity index (χ0) is 10.7. The van der Waals surface area contributed by atoms with Crippen LogP contribution in [-0.2, 0) is 6.42 Å². The lowest BCUT2D eigenvalue weighted by Gasteiger charge is -2.25. The molecule has 0 saturated carbocycles. The molecule has 0 aliphatic carbocycles. The van der Waals surface area contributed by atoms with Gasteiger partial charge in [-0.2, -0.15) is 0 Å². The van der Waals surface area contributed by atoms with E-state index in [1.807, 2.05) is 30.3 Å². The van der Waals surface area contributed by atoms with E-state index in [1.54, 1.807) is 6.08 Å². The molecule has 1 aliphatic rings. The molecule has 0 amide bonds. The van der Waals surface area contributed by atoms with E-state index in [-0.39, 0.29) is 0 Å². The van der Waals surface area contributed by atoms with Gasteiger partial charge in [0.25, 0.3) is 0 Å². The van der Waals surface area contributed by atoms with Crippen molar-refractivity contribution < 1.29 is 0 Å². The summed E-state index contributed by atoms with van der Waals surface area (Å²) in [5.74, 6) is 0.545. The maximum absolute atomic E-state index is 6.09. The van der Waals surface area contributed by atoms with Gasteiger partial charge in [0, 0.05) is 6.42 Å². The minimum absolute atomic E-state index is 0.545. The molecule has 0 aromatic heterocycles. The van der Waals surface area contributed by atoms with Crippen LogP contribution >= 0.6 is 0 Å². The van der Waals surface area contributed by atoms with Gasteiger partial charge in [0.15, 0.2) is 0 Å². The summed E-state index contributed by atoms with van der Waals surface area (Å²) in [5.41, 5.74) is 12.1. The van der Waals surface area contributed by atoms with E-state index in [4.69, 9.17) is 11.5 Å². The minimum atomic E-state index is -0.726. The van der Waals surface area contributed by atoms with Crippen LogP contribution in [-0.4, -0.2) is 12.0 Å². The number of nitrogens with one attached hydrogen (secondary N) is 1. The van der Waals surface area contributed by atoms with Gasteiger partial charge in [-0.3, -0.25) is 0 Å². The average Bonchev–Trinajstić information content (AvgIpc) is 2.18. The molecule has 1 atom stereocenters. The smallest absolute Gasteiger partial charge is 0.136 e. The normalized spacial score (nSPS) is 24.5. The molecule has 4 heteroatoms. The first-order valence-electron chi connectivity index (χ1n) is 4.79. The van der Waals surface area contributed by atoms with Crippen molar-refractivity contribution in [2.45, 2.75) is 12.1 Å². The van der Waals surface area contributed by atoms with Crippen molar-refractivity contribution in [3.63, 3.8) is 0 Å². The van der Waals surface area contributed by atoms with Crippen LogP contribution in [0.1, 0.15) is 5.56 Å². The Labute approximate surface area is 88.7 Å². The highest BCUT2D eigenvalue weighted by Crippen LogP contribution is 2.15. The van der Waals surface area contributed by atoms with Gasteiger partial charge in [-0.25, -0.2) is 4.99 Å². The van der Waals surface area contributed by atoms with Crippen LogP contribution in [0.5, 0.6) is 0 Å². The lowest BCUT2D eigenvalue weighted by Crippen LogP contribution is -2.43. The van der Waals surface area contributed by atoms with Crippen LogP contribution in [0.4, 0.5) is 0 Å². The summed E-state index contributed by atoms with van der Waals surface area (Å²) >= 11 is 0. The summed E-state index contributed by atoms with van der Waals surface area (Å²) in [7, 11) is 0. The Morgan fingerprint density at radius 2 is 2.00 bits per heavy atom. The van der Waals surface area contributed by atoms with E-state index < -0.39 is 5.66 Å². The van der Waals surface area contributed by atoms with E-state index in [2.05, 4.69) is 10.3 Å². The van der Waals surface area contributed by atoms with Gasteiger partial charge in [0.05, 0.1) is 6.34 Å². The number of hydrogen-bond acceptors (Lipinski definition) is 4. The summed E-state index contributed by atoms with van der Waals surface area (Å²) in [4.78, 5) is 4.19. The molecule has 1 unspecified atom stereocenters. The summed E-state index contributed by atoms with van der Waals surface area (Å²) in [6.07, 6.45) is 3.92. The SMILES string of the molecule is NC1=CC(N)(Cc2ccccc2)N=CN1. The summed E-state index contributed by atoms with van der Waals surface area (Å²) < 4.78 is 0. The number of nitrogens with two attached hydrogens (primary N) is 2. The van der Waals surface area contributed by atoms with Gasteiger partial charge < -0.3 is 16.8 Å². The first-order valence-corrected chi connectivity index (χ1v) is 4.79. The van der Waals surface area contributed by atoms with E-state index in [9.17, 15) is 0 Å². The van der Waals surface area contributed by atoms with Gasteiger partial charge in [-0.05, 0) is 11.6 Å². The Morgan fingerprint density at radius 1 is 1.27 bits per heavy atom. The fourth-order valence-corrected chi connectivity index (χ4v) is 1.59. The average molecular weight is 202 g/mol. The van der Waals surface area contributed by atoms with Crippen molar-refractivity contribution in [3.8, 4) is 0 Å². The lowest BCUT2D eigenvalue weighted by atomic mass is 10.00. The predicted molar refractivity (Wildman–Crippen MR) is 61.0 cm³/mol. The van der Waals surface area contributed by atoms with Crippen LogP contribution in [0.3, 0.4) is 0 Å². The van der Waals surface area contributed by atoms with Crippen molar-refractivity contribution in [1.82, 2.24) is 5.32 Å². The summed E-state index contributed by atoms with van der Waals surface area (Å²) in [5, 5.41) is 2.79. The first kappa shape index (κ1) is 9.73. The second kappa shape index (κ2) is 3.74. The number of benzene rings is 1. The number of hydrogen-bond donors (Lipinski definition) is 3. The van der Waals surface area contributed by atoms with E-state index in [0.29, 0.717) is 12.2 Å². The molecular weight excluding hydrogens is 188 g/mol. The zero-order valence-electron chi connectivity index (χ0n) is 8.35. The van der Waals surface area contributed by atoms with Crippen molar-refractivity contribution in [2.75, 3.05) is 0 Å². The fourth-order valence-electron chi connectivity index (χ4n) is 1.59. The van der Waals surface area contributed by atoms with Crippen molar-refractivity contribution in [2.24, 2.45) is 16.5 Å². The maximum atomic E-state index is 6.09. The molecule has 0 spiro atoms. The zero-order valence-corrected chi connectivity index (χ0v) is 8.35. The fraction of sp³-hybridized carbons (Fsp3) is 0.182. The van der Waals surface area contributed by atoms with E-state index in [0.717, 1.165) is 5.56 Å². The largest absolute Gasteiger partial charge is 0.385 e. The van der Waals surface area contributed by atoms with Crippen LogP contribution in [0.25, 0.3) is 0 Å². The highest BCUT2D eigenvalue weighted by atomic mass is 15.1. The molecule has 0 saturated heterocycles. The summed E-state index contributed by atoms with van der Waals surface area (Å²) in [6.45, 7) is 0. The maximum Gasteiger partial charge on any atom is 0.136 e. The third-order valence-electron chi connectivity index (χ3n) is 2.27. The Bertz CT molecular complexity index is 396. The molecule has 0 fully saturated rings. The molecule has 0 bridgehead atoms. The molecule has 78 valence electrons. The monoisotopic (exact) mass is 202 g/mol. The van der Waals surface area contributed by atoms with Gasteiger partial charge in [-0.15, -0.1) is 0 Å². The number of nitrogens with zero attached hydrogens (tertiary/aromatic N) is 1. The third kappa shape index (κ3) is 2.35. The second-order valence-corrected chi connectivity index (χ2v) is 3.66. The van der Waals surface area contributed by atoms with Gasteiger partial charge in [0.1, 0.15) is 11.5 Å². The Morgan fingerprint density at radius 3 is 2.67 bits per heavy atom. The molecule has 5 N–H and O–H groups in total. The van der Waals surface area contributed by atoms with Crippen LogP contribution in [0.15, 0.2) is 47.2 Å². The highest BCUT2D eigenvalue weighted by Gasteiger charge is 2.23. The number of aliphatic imine (C=N–C) groups is 1. The van der Waals surface area contributed by atoms with Gasteiger partial charge in [-0.1, -0.05) is 30.3 Å². The summed E-state index contributed by atoms with van der Waals surface area (Å²) in [6, 6.07) is 9.99. The Hall–Kier alpha value is -1.81. The van der Waals surface area contributed by atoms with Gasteiger partial charge >= 0.3 is 0 Å². The molecular formula is C11H14N4. The highest BCUT2D eigenvalue weighted by molar-refractivity contribution is 5.60. The topological polar surface area (TPSA) is 76.4 Å². The Balaban J connectivity index is 2.18. The van der Waals surface area contributed by atoms with Crippen molar-refractivity contribution in [3.05, 3.63) is 47.8 Å². The third-order valence-corrected chi connectivity index (χ3v) is 2.27. The Kier molecular flexibility index (Phi) is 2.43. The number of rotatable bonds is 2. The molecule has 15 heavy (non-hydrogen) atoms. The van der Waals surface area contributed by atoms with E-state index in [1.165, 1.54) is 6.34 Å².